The van der Waals surface area contributed by atoms with Gasteiger partial charge in [-0.2, -0.15) is 0 Å². The van der Waals surface area contributed by atoms with Crippen molar-refractivity contribution >= 4 is 40.5 Å². The standard InChI is InChI=1S/C18H18N2O3S2/c19-16(21)10-11-20-18(23)14-8-4-5-9-15(14)25-17(22)12-24-13-6-2-1-3-7-13/h1-9H,10-12H2,(H2,19,21)(H,20,23). The number of amides is 2. The Morgan fingerprint density at radius 1 is 0.960 bits per heavy atom. The van der Waals surface area contributed by atoms with E-state index in [1.54, 1.807) is 24.3 Å². The molecule has 0 heterocycles. The monoisotopic (exact) mass is 374 g/mol. The Bertz CT molecular complexity index is 751. The lowest BCUT2D eigenvalue weighted by molar-refractivity contribution is -0.117. The van der Waals surface area contributed by atoms with Crippen LogP contribution in [0.3, 0.4) is 0 Å². The van der Waals surface area contributed by atoms with E-state index in [9.17, 15) is 14.4 Å². The third-order valence-corrected chi connectivity index (χ3v) is 5.25. The largest absolute Gasteiger partial charge is 0.370 e. The summed E-state index contributed by atoms with van der Waals surface area (Å²) in [5.74, 6) is -0.490. The Kier molecular flexibility index (Phi) is 7.56. The van der Waals surface area contributed by atoms with Gasteiger partial charge in [-0.25, -0.2) is 0 Å². The number of hydrogen-bond donors (Lipinski definition) is 2. The van der Waals surface area contributed by atoms with Crippen molar-refractivity contribution in [2.75, 3.05) is 12.3 Å². The summed E-state index contributed by atoms with van der Waals surface area (Å²) in [4.78, 5) is 36.8. The second-order valence-electron chi connectivity index (χ2n) is 5.04. The summed E-state index contributed by atoms with van der Waals surface area (Å²) in [6.45, 7) is 0.172. The maximum Gasteiger partial charge on any atom is 0.252 e. The van der Waals surface area contributed by atoms with Gasteiger partial charge in [0.25, 0.3) is 5.91 Å². The van der Waals surface area contributed by atoms with E-state index >= 15 is 0 Å². The van der Waals surface area contributed by atoms with E-state index in [2.05, 4.69) is 5.32 Å². The third-order valence-electron chi connectivity index (χ3n) is 3.11. The molecule has 0 spiro atoms. The Balaban J connectivity index is 1.93. The first-order valence-corrected chi connectivity index (χ1v) is 9.40. The molecule has 5 nitrogen and oxygen atoms in total. The van der Waals surface area contributed by atoms with E-state index in [-0.39, 0.29) is 24.0 Å². The number of primary amides is 1. The van der Waals surface area contributed by atoms with Crippen molar-refractivity contribution in [2.24, 2.45) is 5.73 Å². The van der Waals surface area contributed by atoms with E-state index in [0.29, 0.717) is 16.2 Å². The second kappa shape index (κ2) is 9.90. The Morgan fingerprint density at radius 3 is 2.36 bits per heavy atom. The van der Waals surface area contributed by atoms with Crippen LogP contribution in [0.15, 0.2) is 64.4 Å². The van der Waals surface area contributed by atoms with Crippen molar-refractivity contribution in [1.29, 1.82) is 0 Å². The highest BCUT2D eigenvalue weighted by molar-refractivity contribution is 8.15. The maximum absolute atomic E-state index is 12.2. The zero-order valence-corrected chi connectivity index (χ0v) is 15.1. The Morgan fingerprint density at radius 2 is 1.64 bits per heavy atom. The maximum atomic E-state index is 12.2. The van der Waals surface area contributed by atoms with Crippen molar-refractivity contribution in [2.45, 2.75) is 16.2 Å². The summed E-state index contributed by atoms with van der Waals surface area (Å²) < 4.78 is 0. The molecule has 3 N–H and O–H groups in total. The lowest BCUT2D eigenvalue weighted by atomic mass is 10.2. The molecule has 0 radical (unpaired) electrons. The predicted octanol–water partition coefficient (Wildman–Crippen LogP) is 2.70. The minimum atomic E-state index is -0.476. The third kappa shape index (κ3) is 6.64. The zero-order valence-electron chi connectivity index (χ0n) is 13.4. The summed E-state index contributed by atoms with van der Waals surface area (Å²) in [6, 6.07) is 16.6. The van der Waals surface area contributed by atoms with Crippen LogP contribution < -0.4 is 11.1 Å². The van der Waals surface area contributed by atoms with Gasteiger partial charge in [-0.15, -0.1) is 11.8 Å². The van der Waals surface area contributed by atoms with Gasteiger partial charge in [-0.1, -0.05) is 42.1 Å². The van der Waals surface area contributed by atoms with Gasteiger partial charge in [0.05, 0.1) is 11.3 Å². The van der Waals surface area contributed by atoms with Gasteiger partial charge in [0.2, 0.25) is 11.0 Å². The van der Waals surface area contributed by atoms with Crippen molar-refractivity contribution < 1.29 is 14.4 Å². The molecule has 0 saturated heterocycles. The van der Waals surface area contributed by atoms with Crippen molar-refractivity contribution in [3.05, 3.63) is 60.2 Å². The molecule has 0 saturated carbocycles. The number of carbonyl (C=O) groups is 3. The normalized spacial score (nSPS) is 10.2. The smallest absolute Gasteiger partial charge is 0.252 e. The molecule has 130 valence electrons. The lowest BCUT2D eigenvalue weighted by Crippen LogP contribution is -2.28. The molecular weight excluding hydrogens is 356 g/mol. The van der Waals surface area contributed by atoms with Gasteiger partial charge in [0.15, 0.2) is 0 Å². The first-order chi connectivity index (χ1) is 12.1. The molecule has 2 aromatic carbocycles. The van der Waals surface area contributed by atoms with Crippen LogP contribution in [-0.2, 0) is 9.59 Å². The van der Waals surface area contributed by atoms with Crippen LogP contribution in [0.4, 0.5) is 0 Å². The van der Waals surface area contributed by atoms with Crippen molar-refractivity contribution in [1.82, 2.24) is 5.32 Å². The highest BCUT2D eigenvalue weighted by atomic mass is 32.2. The van der Waals surface area contributed by atoms with Crippen LogP contribution in [0.1, 0.15) is 16.8 Å². The first kappa shape index (κ1) is 19.1. The summed E-state index contributed by atoms with van der Waals surface area (Å²) in [5, 5.41) is 2.60. The SMILES string of the molecule is NC(=O)CCNC(=O)c1ccccc1SC(=O)CSc1ccccc1. The fraction of sp³-hybridized carbons (Fsp3) is 0.167. The van der Waals surface area contributed by atoms with Gasteiger partial charge in [0.1, 0.15) is 0 Å². The quantitative estimate of drug-likeness (QED) is 0.694. The highest BCUT2D eigenvalue weighted by Gasteiger charge is 2.14. The molecule has 0 fully saturated rings. The second-order valence-corrected chi connectivity index (χ2v) is 7.19. The Hall–Kier alpha value is -2.25. The molecule has 0 bridgehead atoms. The fourth-order valence-electron chi connectivity index (χ4n) is 1.95. The molecule has 2 aromatic rings. The molecule has 2 amide bonds. The average Bonchev–Trinajstić information content (AvgIpc) is 2.61. The van der Waals surface area contributed by atoms with Crippen molar-refractivity contribution in [3.63, 3.8) is 0 Å². The summed E-state index contributed by atoms with van der Waals surface area (Å²) in [5.41, 5.74) is 5.47. The summed E-state index contributed by atoms with van der Waals surface area (Å²) >= 11 is 2.50. The number of nitrogens with one attached hydrogen (secondary N) is 1. The molecule has 0 atom stereocenters. The van der Waals surface area contributed by atoms with Gasteiger partial charge in [-0.3, -0.25) is 14.4 Å². The topological polar surface area (TPSA) is 89.3 Å². The average molecular weight is 374 g/mol. The van der Waals surface area contributed by atoms with Crippen LogP contribution in [0, 0.1) is 0 Å². The number of hydrogen-bond acceptors (Lipinski definition) is 5. The zero-order chi connectivity index (χ0) is 18.1. The van der Waals surface area contributed by atoms with E-state index < -0.39 is 5.91 Å². The van der Waals surface area contributed by atoms with Gasteiger partial charge >= 0.3 is 0 Å². The molecule has 7 heteroatoms. The van der Waals surface area contributed by atoms with Crippen LogP contribution in [0.2, 0.25) is 0 Å². The summed E-state index contributed by atoms with van der Waals surface area (Å²) in [6.07, 6.45) is 0.0771. The summed E-state index contributed by atoms with van der Waals surface area (Å²) in [7, 11) is 0. The number of nitrogens with two attached hydrogens (primary N) is 1. The molecule has 0 aliphatic rings. The minimum absolute atomic E-state index is 0.0359. The van der Waals surface area contributed by atoms with Crippen molar-refractivity contribution in [3.8, 4) is 0 Å². The van der Waals surface area contributed by atoms with E-state index in [0.717, 1.165) is 16.7 Å². The molecule has 0 unspecified atom stereocenters. The van der Waals surface area contributed by atoms with Gasteiger partial charge < -0.3 is 11.1 Å². The number of benzene rings is 2. The highest BCUT2D eigenvalue weighted by Crippen LogP contribution is 2.26. The molecule has 2 rings (SSSR count). The number of rotatable bonds is 8. The van der Waals surface area contributed by atoms with Crippen LogP contribution in [0.25, 0.3) is 0 Å². The number of thioether (sulfide) groups is 2. The fourth-order valence-corrected chi connectivity index (χ4v) is 3.66. The van der Waals surface area contributed by atoms with Gasteiger partial charge in [-0.05, 0) is 24.3 Å². The van der Waals surface area contributed by atoms with E-state index in [1.807, 2.05) is 30.3 Å². The molecule has 0 aliphatic heterocycles. The molecule has 0 aromatic heterocycles. The van der Waals surface area contributed by atoms with E-state index in [1.165, 1.54) is 11.8 Å². The van der Waals surface area contributed by atoms with Crippen LogP contribution in [-0.4, -0.2) is 29.2 Å². The Labute approximate surface area is 154 Å². The van der Waals surface area contributed by atoms with Gasteiger partial charge in [0, 0.05) is 22.8 Å². The van der Waals surface area contributed by atoms with Crippen LogP contribution in [0.5, 0.6) is 0 Å². The lowest BCUT2D eigenvalue weighted by Gasteiger charge is -2.09. The minimum Gasteiger partial charge on any atom is -0.370 e. The molecule has 0 aliphatic carbocycles. The molecular formula is C18H18N2O3S2. The number of carbonyl (C=O) groups excluding carboxylic acids is 3. The molecule has 25 heavy (non-hydrogen) atoms. The predicted molar refractivity (Wildman–Crippen MR) is 101 cm³/mol. The van der Waals surface area contributed by atoms with E-state index in [4.69, 9.17) is 5.73 Å². The van der Waals surface area contributed by atoms with Crippen LogP contribution >= 0.6 is 23.5 Å². The first-order valence-electron chi connectivity index (χ1n) is 7.60.